The maximum Gasteiger partial charge on any atom is 0.306 e. The molecule has 0 aromatic carbocycles. The van der Waals surface area contributed by atoms with Gasteiger partial charge < -0.3 is 27.9 Å². The molecule has 2 unspecified atom stereocenters. The van der Waals surface area contributed by atoms with Crippen molar-refractivity contribution in [2.24, 2.45) is 0 Å². The molecule has 0 heterocycles. The van der Waals surface area contributed by atoms with Gasteiger partial charge in [-0.3, -0.25) is 14.2 Å². The molecule has 0 aromatic heterocycles. The number of allylic oxidation sites excluding steroid dienone is 12. The summed E-state index contributed by atoms with van der Waals surface area (Å²) in [6, 6.07) is 0. The fourth-order valence-corrected chi connectivity index (χ4v) is 7.29. The summed E-state index contributed by atoms with van der Waals surface area (Å²) in [6.45, 7) is 4.09. The zero-order chi connectivity index (χ0) is 46.4. The number of phosphoric acid groups is 1. The van der Waals surface area contributed by atoms with Gasteiger partial charge in [0.15, 0.2) is 6.10 Å². The third-order valence-corrected chi connectivity index (χ3v) is 11.4. The highest BCUT2D eigenvalue weighted by Gasteiger charge is 2.21. The van der Waals surface area contributed by atoms with E-state index in [1.807, 2.05) is 21.1 Å². The van der Waals surface area contributed by atoms with Crippen LogP contribution in [0.15, 0.2) is 72.9 Å². The number of nitrogens with zero attached hydrogens (tertiary/aromatic N) is 1. The minimum Gasteiger partial charge on any atom is -0.756 e. The van der Waals surface area contributed by atoms with Gasteiger partial charge in [-0.05, 0) is 83.5 Å². The highest BCUT2D eigenvalue weighted by Crippen LogP contribution is 2.38. The third-order valence-electron chi connectivity index (χ3n) is 10.5. The molecule has 0 spiro atoms. The first-order valence-electron chi connectivity index (χ1n) is 25.1. The van der Waals surface area contributed by atoms with E-state index in [1.54, 1.807) is 0 Å². The number of quaternary nitrogens is 1. The van der Waals surface area contributed by atoms with E-state index in [0.717, 1.165) is 96.3 Å². The van der Waals surface area contributed by atoms with Gasteiger partial charge in [0.1, 0.15) is 19.8 Å². The second-order valence-corrected chi connectivity index (χ2v) is 19.2. The standard InChI is InChI=1S/C53H94NO8P/c1-6-8-10-12-14-16-18-20-22-23-24-25-26-27-28-29-30-31-32-34-36-38-40-42-44-46-53(56)62-51(50-61-63(57,58)60-48-47-54(3,4)5)49-59-52(55)45-43-41-39-37-35-33-21-19-17-15-13-11-9-7-2/h8,10,14,16,19-22,24-25,27-28,51H,6-7,9,11-13,15,17-18,23,26,29-50H2,1-5H3/b10-8-,16-14-,21-19-,22-20-,25-24-,28-27-. The Bertz CT molecular complexity index is 1300. The molecular formula is C53H94NO8P. The summed E-state index contributed by atoms with van der Waals surface area (Å²) in [5, 5.41) is 0. The number of carbonyl (C=O) groups excluding carboxylic acids is 2. The van der Waals surface area contributed by atoms with Crippen LogP contribution < -0.4 is 4.89 Å². The maximum atomic E-state index is 12.7. The van der Waals surface area contributed by atoms with Gasteiger partial charge in [-0.2, -0.15) is 0 Å². The van der Waals surface area contributed by atoms with E-state index >= 15 is 0 Å². The predicted octanol–water partition coefficient (Wildman–Crippen LogP) is 14.3. The molecular weight excluding hydrogens is 810 g/mol. The molecule has 0 saturated carbocycles. The normalized spacial score (nSPS) is 14.1. The van der Waals surface area contributed by atoms with Gasteiger partial charge in [-0.25, -0.2) is 0 Å². The first kappa shape index (κ1) is 60.5. The number of rotatable bonds is 45. The van der Waals surface area contributed by atoms with Crippen LogP contribution in [-0.4, -0.2) is 70.0 Å². The SMILES string of the molecule is CC/C=C\C/C=C\C/C=C\C/C=C\C/C=C\CCCCCCCCCCCC(=O)OC(COC(=O)CCCCCCC/C=C\CCCCCCC)COP(=O)([O-])OCC[N+](C)(C)C. The zero-order valence-electron chi connectivity index (χ0n) is 41.0. The van der Waals surface area contributed by atoms with E-state index in [-0.39, 0.29) is 26.1 Å². The highest BCUT2D eigenvalue weighted by atomic mass is 31.2. The van der Waals surface area contributed by atoms with E-state index in [4.69, 9.17) is 18.5 Å². The van der Waals surface area contributed by atoms with Gasteiger partial charge in [-0.1, -0.05) is 177 Å². The number of likely N-dealkylation sites (N-methyl/N-ethyl adjacent to an activating group) is 1. The number of ether oxygens (including phenoxy) is 2. The Kier molecular flexibility index (Phi) is 42.8. The van der Waals surface area contributed by atoms with Crippen LogP contribution in [0.5, 0.6) is 0 Å². The molecule has 0 fully saturated rings. The van der Waals surface area contributed by atoms with Crippen molar-refractivity contribution in [3.8, 4) is 0 Å². The summed E-state index contributed by atoms with van der Waals surface area (Å²) in [5.74, 6) is -0.853. The van der Waals surface area contributed by atoms with E-state index in [1.165, 1.54) is 70.6 Å². The maximum absolute atomic E-state index is 12.7. The van der Waals surface area contributed by atoms with E-state index < -0.39 is 32.5 Å². The van der Waals surface area contributed by atoms with Crippen molar-refractivity contribution >= 4 is 19.8 Å². The number of phosphoric ester groups is 1. The van der Waals surface area contributed by atoms with Crippen molar-refractivity contribution in [1.82, 2.24) is 0 Å². The van der Waals surface area contributed by atoms with Crippen LogP contribution in [0.3, 0.4) is 0 Å². The lowest BCUT2D eigenvalue weighted by molar-refractivity contribution is -0.870. The Morgan fingerprint density at radius 2 is 0.905 bits per heavy atom. The number of esters is 2. The Morgan fingerprint density at radius 1 is 0.508 bits per heavy atom. The molecule has 0 aliphatic carbocycles. The van der Waals surface area contributed by atoms with E-state index in [9.17, 15) is 19.0 Å². The molecule has 63 heavy (non-hydrogen) atoms. The molecule has 0 bridgehead atoms. The monoisotopic (exact) mass is 904 g/mol. The minimum absolute atomic E-state index is 0.0363. The lowest BCUT2D eigenvalue weighted by Gasteiger charge is -2.28. The topological polar surface area (TPSA) is 111 Å². The fraction of sp³-hybridized carbons (Fsp3) is 0.736. The minimum atomic E-state index is -4.64. The average molecular weight is 904 g/mol. The second-order valence-electron chi connectivity index (χ2n) is 17.8. The van der Waals surface area contributed by atoms with Crippen LogP contribution in [0.25, 0.3) is 0 Å². The van der Waals surface area contributed by atoms with Gasteiger partial charge in [0.25, 0.3) is 7.82 Å². The van der Waals surface area contributed by atoms with Crippen molar-refractivity contribution in [3.63, 3.8) is 0 Å². The predicted molar refractivity (Wildman–Crippen MR) is 263 cm³/mol. The van der Waals surface area contributed by atoms with Gasteiger partial charge >= 0.3 is 11.9 Å². The van der Waals surface area contributed by atoms with Crippen molar-refractivity contribution < 1.29 is 42.1 Å². The van der Waals surface area contributed by atoms with Gasteiger partial charge in [0.05, 0.1) is 27.7 Å². The number of hydrogen-bond acceptors (Lipinski definition) is 8. The summed E-state index contributed by atoms with van der Waals surface area (Å²) < 4.78 is 34.0. The number of unbranched alkanes of at least 4 members (excludes halogenated alkanes) is 19. The summed E-state index contributed by atoms with van der Waals surface area (Å²) in [5.41, 5.74) is 0. The van der Waals surface area contributed by atoms with Crippen molar-refractivity contribution in [3.05, 3.63) is 72.9 Å². The van der Waals surface area contributed by atoms with Crippen molar-refractivity contribution in [2.45, 2.75) is 206 Å². The number of carbonyl (C=O) groups is 2. The molecule has 364 valence electrons. The molecule has 0 rings (SSSR count). The zero-order valence-corrected chi connectivity index (χ0v) is 41.9. The fourth-order valence-electron chi connectivity index (χ4n) is 6.56. The molecule has 2 atom stereocenters. The molecule has 10 heteroatoms. The summed E-state index contributed by atoms with van der Waals surface area (Å²) in [7, 11) is 1.15. The van der Waals surface area contributed by atoms with Crippen LogP contribution in [0.4, 0.5) is 0 Å². The third kappa shape index (κ3) is 48.7. The molecule has 0 amide bonds. The van der Waals surface area contributed by atoms with Crippen LogP contribution in [-0.2, 0) is 32.7 Å². The Hall–Kier alpha value is -2.55. The average Bonchev–Trinajstić information content (AvgIpc) is 3.24. The quantitative estimate of drug-likeness (QED) is 0.0195. The summed E-state index contributed by atoms with van der Waals surface area (Å²) >= 11 is 0. The van der Waals surface area contributed by atoms with Crippen molar-refractivity contribution in [2.75, 3.05) is 47.5 Å². The summed E-state index contributed by atoms with van der Waals surface area (Å²) in [4.78, 5) is 37.7. The number of hydrogen-bond donors (Lipinski definition) is 0. The lowest BCUT2D eigenvalue weighted by Crippen LogP contribution is -2.37. The second kappa shape index (κ2) is 44.6. The van der Waals surface area contributed by atoms with Crippen LogP contribution in [0, 0.1) is 0 Å². The van der Waals surface area contributed by atoms with E-state index in [2.05, 4.69) is 86.8 Å². The molecule has 0 N–H and O–H groups in total. The van der Waals surface area contributed by atoms with Gasteiger partial charge in [0.2, 0.25) is 0 Å². The molecule has 0 aliphatic rings. The van der Waals surface area contributed by atoms with Crippen LogP contribution >= 0.6 is 7.82 Å². The first-order valence-corrected chi connectivity index (χ1v) is 26.6. The lowest BCUT2D eigenvalue weighted by atomic mass is 10.1. The molecule has 0 saturated heterocycles. The Labute approximate surface area is 387 Å². The van der Waals surface area contributed by atoms with Crippen LogP contribution in [0.2, 0.25) is 0 Å². The molecule has 0 aromatic rings. The van der Waals surface area contributed by atoms with Crippen molar-refractivity contribution in [1.29, 1.82) is 0 Å². The highest BCUT2D eigenvalue weighted by molar-refractivity contribution is 7.45. The molecule has 0 aliphatic heterocycles. The van der Waals surface area contributed by atoms with Gasteiger partial charge in [0, 0.05) is 12.8 Å². The largest absolute Gasteiger partial charge is 0.756 e. The smallest absolute Gasteiger partial charge is 0.306 e. The molecule has 0 radical (unpaired) electrons. The summed E-state index contributed by atoms with van der Waals surface area (Å²) in [6.07, 6.45) is 56.4. The van der Waals surface area contributed by atoms with Crippen LogP contribution in [0.1, 0.15) is 200 Å². The first-order chi connectivity index (χ1) is 30.5. The molecule has 9 nitrogen and oxygen atoms in total. The van der Waals surface area contributed by atoms with Gasteiger partial charge in [-0.15, -0.1) is 0 Å². The van der Waals surface area contributed by atoms with E-state index in [0.29, 0.717) is 17.4 Å². The Balaban J connectivity index is 4.26. The Morgan fingerprint density at radius 3 is 1.37 bits per heavy atom.